The number of hydrogen-bond donors (Lipinski definition) is 1. The molecule has 1 aliphatic rings. The summed E-state index contributed by atoms with van der Waals surface area (Å²) in [5, 5.41) is 2.99. The van der Waals surface area contributed by atoms with Gasteiger partial charge in [-0.15, -0.1) is 0 Å². The summed E-state index contributed by atoms with van der Waals surface area (Å²) in [6.07, 6.45) is 2.28. The van der Waals surface area contributed by atoms with Crippen LogP contribution in [0.3, 0.4) is 0 Å². The van der Waals surface area contributed by atoms with Gasteiger partial charge in [0.25, 0.3) is 5.91 Å². The first-order valence-electron chi connectivity index (χ1n) is 8.76. The Morgan fingerprint density at radius 2 is 1.92 bits per heavy atom. The maximum atomic E-state index is 12.4. The highest BCUT2D eigenvalue weighted by molar-refractivity contribution is 5.97. The number of carbonyl (C=O) groups excluding carboxylic acids is 1. The third-order valence-electron chi connectivity index (χ3n) is 4.53. The second-order valence-electron chi connectivity index (χ2n) is 6.86. The summed E-state index contributed by atoms with van der Waals surface area (Å²) in [6.45, 7) is 8.67. The molecule has 0 aliphatic carbocycles. The molecular weight excluding hydrogens is 304 g/mol. The van der Waals surface area contributed by atoms with Gasteiger partial charge in [-0.05, 0) is 43.4 Å². The van der Waals surface area contributed by atoms with Gasteiger partial charge in [-0.1, -0.05) is 19.9 Å². The van der Waals surface area contributed by atoms with Crippen LogP contribution >= 0.6 is 0 Å². The van der Waals surface area contributed by atoms with Crippen LogP contribution in [0, 0.1) is 11.8 Å². The van der Waals surface area contributed by atoms with Crippen LogP contribution in [0.25, 0.3) is 0 Å². The van der Waals surface area contributed by atoms with E-state index in [4.69, 9.17) is 9.47 Å². The van der Waals surface area contributed by atoms with Crippen molar-refractivity contribution < 1.29 is 14.3 Å². The normalized spacial score (nSPS) is 21.3. The van der Waals surface area contributed by atoms with E-state index < -0.39 is 0 Å². The highest BCUT2D eigenvalue weighted by Gasteiger charge is 2.21. The Morgan fingerprint density at radius 3 is 2.54 bits per heavy atom. The smallest absolute Gasteiger partial charge is 0.255 e. The average Bonchev–Trinajstić information content (AvgIpc) is 2.56. The van der Waals surface area contributed by atoms with Crippen molar-refractivity contribution >= 4 is 5.91 Å². The summed E-state index contributed by atoms with van der Waals surface area (Å²) in [7, 11) is 3.12. The molecule has 0 radical (unpaired) electrons. The Kier molecular flexibility index (Phi) is 6.91. The summed E-state index contributed by atoms with van der Waals surface area (Å²) in [4.78, 5) is 14.9. The number of nitrogens with zero attached hydrogens (tertiary/aromatic N) is 1. The van der Waals surface area contributed by atoms with E-state index in [0.717, 1.165) is 24.8 Å². The molecule has 1 heterocycles. The number of para-hydroxylation sites is 1. The lowest BCUT2D eigenvalue weighted by Gasteiger charge is -2.34. The highest BCUT2D eigenvalue weighted by atomic mass is 16.5. The van der Waals surface area contributed by atoms with Gasteiger partial charge < -0.3 is 19.7 Å². The van der Waals surface area contributed by atoms with Crippen LogP contribution in [-0.4, -0.2) is 51.2 Å². The number of benzene rings is 1. The molecule has 1 N–H and O–H groups in total. The molecule has 2 unspecified atom stereocenters. The number of carbonyl (C=O) groups is 1. The van der Waals surface area contributed by atoms with Gasteiger partial charge in [0.15, 0.2) is 11.5 Å². The SMILES string of the molecule is COc1cccc(C(=O)NCCCN2CC(C)CC(C)C2)c1OC. The first-order valence-corrected chi connectivity index (χ1v) is 8.76. The van der Waals surface area contributed by atoms with E-state index in [1.54, 1.807) is 32.4 Å². The minimum Gasteiger partial charge on any atom is -0.493 e. The summed E-state index contributed by atoms with van der Waals surface area (Å²) in [5.74, 6) is 2.47. The predicted molar refractivity (Wildman–Crippen MR) is 95.9 cm³/mol. The zero-order valence-electron chi connectivity index (χ0n) is 15.3. The first kappa shape index (κ1) is 18.6. The Labute approximate surface area is 145 Å². The van der Waals surface area contributed by atoms with Crippen molar-refractivity contribution in [1.82, 2.24) is 10.2 Å². The summed E-state index contributed by atoms with van der Waals surface area (Å²) in [6, 6.07) is 5.34. The zero-order valence-corrected chi connectivity index (χ0v) is 15.3. The van der Waals surface area contributed by atoms with Crippen LogP contribution in [0.4, 0.5) is 0 Å². The molecule has 1 aromatic carbocycles. The number of amides is 1. The fourth-order valence-corrected chi connectivity index (χ4v) is 3.64. The lowest BCUT2D eigenvalue weighted by Crippen LogP contribution is -2.40. The van der Waals surface area contributed by atoms with Crippen molar-refractivity contribution in [2.75, 3.05) is 40.4 Å². The average molecular weight is 334 g/mol. The molecule has 0 spiro atoms. The van der Waals surface area contributed by atoms with Gasteiger partial charge in [-0.2, -0.15) is 0 Å². The molecule has 24 heavy (non-hydrogen) atoms. The molecule has 1 saturated heterocycles. The van der Waals surface area contributed by atoms with Crippen molar-refractivity contribution in [1.29, 1.82) is 0 Å². The molecule has 1 aromatic rings. The second kappa shape index (κ2) is 8.92. The number of piperidine rings is 1. The lowest BCUT2D eigenvalue weighted by atomic mass is 9.92. The number of rotatable bonds is 7. The lowest BCUT2D eigenvalue weighted by molar-refractivity contribution is 0.0943. The van der Waals surface area contributed by atoms with Gasteiger partial charge in [-0.25, -0.2) is 0 Å². The molecule has 1 fully saturated rings. The van der Waals surface area contributed by atoms with Crippen LogP contribution in [0.15, 0.2) is 18.2 Å². The topological polar surface area (TPSA) is 50.8 Å². The third-order valence-corrected chi connectivity index (χ3v) is 4.53. The van der Waals surface area contributed by atoms with E-state index in [1.165, 1.54) is 19.5 Å². The van der Waals surface area contributed by atoms with Gasteiger partial charge in [0.1, 0.15) is 0 Å². The number of methoxy groups -OCH3 is 2. The van der Waals surface area contributed by atoms with Crippen molar-refractivity contribution in [2.45, 2.75) is 26.7 Å². The minimum absolute atomic E-state index is 0.119. The number of nitrogens with one attached hydrogen (secondary N) is 1. The third kappa shape index (κ3) is 4.87. The standard InChI is InChI=1S/C19H30N2O3/c1-14-11-15(2)13-21(12-14)10-6-9-20-19(22)16-7-5-8-17(23-3)18(16)24-4/h5,7-8,14-15H,6,9-13H2,1-4H3,(H,20,22). The molecule has 0 aromatic heterocycles. The van der Waals surface area contributed by atoms with E-state index in [9.17, 15) is 4.79 Å². The van der Waals surface area contributed by atoms with Crippen LogP contribution in [0.1, 0.15) is 37.0 Å². The van der Waals surface area contributed by atoms with Crippen molar-refractivity contribution in [3.8, 4) is 11.5 Å². The first-order chi connectivity index (χ1) is 11.5. The molecule has 134 valence electrons. The summed E-state index contributed by atoms with van der Waals surface area (Å²) in [5.41, 5.74) is 0.511. The monoisotopic (exact) mass is 334 g/mol. The maximum Gasteiger partial charge on any atom is 0.255 e. The Bertz CT molecular complexity index is 537. The van der Waals surface area contributed by atoms with Gasteiger partial charge in [0.05, 0.1) is 19.8 Å². The Hall–Kier alpha value is -1.75. The predicted octanol–water partition coefficient (Wildman–Crippen LogP) is 2.80. The van der Waals surface area contributed by atoms with E-state index >= 15 is 0 Å². The fraction of sp³-hybridized carbons (Fsp3) is 0.632. The quantitative estimate of drug-likeness (QED) is 0.779. The van der Waals surface area contributed by atoms with Crippen LogP contribution < -0.4 is 14.8 Å². The Balaban J connectivity index is 1.81. The number of likely N-dealkylation sites (tertiary alicyclic amines) is 1. The second-order valence-corrected chi connectivity index (χ2v) is 6.86. The maximum absolute atomic E-state index is 12.4. The fourth-order valence-electron chi connectivity index (χ4n) is 3.64. The molecular formula is C19H30N2O3. The van der Waals surface area contributed by atoms with E-state index in [1.807, 2.05) is 0 Å². The van der Waals surface area contributed by atoms with Crippen LogP contribution in [0.5, 0.6) is 11.5 Å². The number of ether oxygens (including phenoxy) is 2. The molecule has 2 rings (SSSR count). The van der Waals surface area contributed by atoms with Gasteiger partial charge >= 0.3 is 0 Å². The summed E-state index contributed by atoms with van der Waals surface area (Å²) < 4.78 is 10.6. The van der Waals surface area contributed by atoms with Gasteiger partial charge in [-0.3, -0.25) is 4.79 Å². The molecule has 1 amide bonds. The van der Waals surface area contributed by atoms with Crippen molar-refractivity contribution in [2.24, 2.45) is 11.8 Å². The van der Waals surface area contributed by atoms with Crippen LogP contribution in [0.2, 0.25) is 0 Å². The molecule has 5 nitrogen and oxygen atoms in total. The molecule has 1 aliphatic heterocycles. The summed E-state index contributed by atoms with van der Waals surface area (Å²) >= 11 is 0. The molecule has 2 atom stereocenters. The minimum atomic E-state index is -0.119. The van der Waals surface area contributed by atoms with Gasteiger partial charge in [0.2, 0.25) is 0 Å². The van der Waals surface area contributed by atoms with E-state index in [-0.39, 0.29) is 5.91 Å². The zero-order chi connectivity index (χ0) is 17.5. The highest BCUT2D eigenvalue weighted by Crippen LogP contribution is 2.30. The molecule has 0 saturated carbocycles. The van der Waals surface area contributed by atoms with E-state index in [0.29, 0.717) is 23.6 Å². The molecule has 0 bridgehead atoms. The number of hydrogen-bond acceptors (Lipinski definition) is 4. The Morgan fingerprint density at radius 1 is 1.21 bits per heavy atom. The van der Waals surface area contributed by atoms with Crippen LogP contribution in [-0.2, 0) is 0 Å². The van der Waals surface area contributed by atoms with Gasteiger partial charge in [0, 0.05) is 19.6 Å². The largest absolute Gasteiger partial charge is 0.493 e. The van der Waals surface area contributed by atoms with E-state index in [2.05, 4.69) is 24.1 Å². The van der Waals surface area contributed by atoms with Crippen molar-refractivity contribution in [3.05, 3.63) is 23.8 Å². The molecule has 5 heteroatoms. The van der Waals surface area contributed by atoms with Crippen molar-refractivity contribution in [3.63, 3.8) is 0 Å².